The number of halogens is 1. The van der Waals surface area contributed by atoms with E-state index in [0.29, 0.717) is 16.8 Å². The highest BCUT2D eigenvalue weighted by molar-refractivity contribution is 8.00. The van der Waals surface area contributed by atoms with Crippen molar-refractivity contribution in [2.24, 2.45) is 0 Å². The maximum Gasteiger partial charge on any atom is 0.242 e. The Hall–Kier alpha value is -2.31. The van der Waals surface area contributed by atoms with Crippen LogP contribution in [-0.4, -0.2) is 20.7 Å². The molecule has 1 heterocycles. The van der Waals surface area contributed by atoms with Gasteiger partial charge in [-0.05, 0) is 49.9 Å². The topological polar surface area (TPSA) is 59.8 Å². The third kappa shape index (κ3) is 4.08. The average Bonchev–Trinajstić information content (AvgIpc) is 3.46. The van der Waals surface area contributed by atoms with Crippen LogP contribution in [0.2, 0.25) is 5.02 Å². The summed E-state index contributed by atoms with van der Waals surface area (Å²) in [7, 11) is 0. The molecule has 3 aromatic rings. The second kappa shape index (κ2) is 7.97. The van der Waals surface area contributed by atoms with Crippen molar-refractivity contribution in [3.63, 3.8) is 0 Å². The van der Waals surface area contributed by atoms with Gasteiger partial charge >= 0.3 is 0 Å². The Morgan fingerprint density at radius 3 is 2.61 bits per heavy atom. The van der Waals surface area contributed by atoms with Crippen molar-refractivity contribution in [2.45, 2.75) is 43.1 Å². The van der Waals surface area contributed by atoms with E-state index in [0.717, 1.165) is 34.9 Å². The maximum absolute atomic E-state index is 13.2. The van der Waals surface area contributed by atoms with E-state index in [1.807, 2.05) is 56.3 Å². The molecule has 0 bridgehead atoms. The summed E-state index contributed by atoms with van der Waals surface area (Å²) in [6.45, 7) is 3.89. The van der Waals surface area contributed by atoms with Crippen LogP contribution in [0.5, 0.6) is 0 Å². The zero-order valence-corrected chi connectivity index (χ0v) is 17.3. The van der Waals surface area contributed by atoms with E-state index in [4.69, 9.17) is 11.6 Å². The summed E-state index contributed by atoms with van der Waals surface area (Å²) in [4.78, 5) is 13.2. The molecule has 1 N–H and O–H groups in total. The van der Waals surface area contributed by atoms with Gasteiger partial charge in [-0.2, -0.15) is 0 Å². The molecule has 2 aromatic carbocycles. The molecular formula is C21H21ClN4OS. The summed E-state index contributed by atoms with van der Waals surface area (Å²) in [5.41, 5.74) is 2.58. The number of carbonyl (C=O) groups is 1. The SMILES string of the molecule is Cc1ccc(NC(=O)[C@H](Sc2nnc(C)n2C2CC2)c2ccccc2)cc1Cl. The number of hydrogen-bond acceptors (Lipinski definition) is 4. The average molecular weight is 413 g/mol. The first-order valence-corrected chi connectivity index (χ1v) is 10.5. The molecule has 0 spiro atoms. The summed E-state index contributed by atoms with van der Waals surface area (Å²) >= 11 is 7.65. The third-order valence-corrected chi connectivity index (χ3v) is 6.37. The predicted molar refractivity (Wildman–Crippen MR) is 113 cm³/mol. The highest BCUT2D eigenvalue weighted by atomic mass is 35.5. The molecule has 144 valence electrons. The van der Waals surface area contributed by atoms with Crippen molar-refractivity contribution in [1.82, 2.24) is 14.8 Å². The van der Waals surface area contributed by atoms with Crippen molar-refractivity contribution < 1.29 is 4.79 Å². The molecule has 1 aromatic heterocycles. The Morgan fingerprint density at radius 1 is 1.18 bits per heavy atom. The van der Waals surface area contributed by atoms with Gasteiger partial charge < -0.3 is 9.88 Å². The summed E-state index contributed by atoms with van der Waals surface area (Å²) < 4.78 is 2.15. The zero-order chi connectivity index (χ0) is 19.7. The molecule has 1 atom stereocenters. The Labute approximate surface area is 173 Å². The largest absolute Gasteiger partial charge is 0.325 e. The molecule has 0 unspecified atom stereocenters. The summed E-state index contributed by atoms with van der Waals surface area (Å²) in [6.07, 6.45) is 2.27. The van der Waals surface area contributed by atoms with E-state index in [2.05, 4.69) is 20.1 Å². The number of nitrogens with zero attached hydrogens (tertiary/aromatic N) is 3. The molecule has 28 heavy (non-hydrogen) atoms. The van der Waals surface area contributed by atoms with Crippen molar-refractivity contribution >= 4 is 35.0 Å². The summed E-state index contributed by atoms with van der Waals surface area (Å²) in [6, 6.07) is 15.7. The van der Waals surface area contributed by atoms with Gasteiger partial charge in [-0.25, -0.2) is 0 Å². The van der Waals surface area contributed by atoms with Crippen LogP contribution in [0.15, 0.2) is 53.7 Å². The molecule has 1 saturated carbocycles. The number of hydrogen-bond donors (Lipinski definition) is 1. The molecule has 1 aliphatic carbocycles. The minimum absolute atomic E-state index is 0.112. The number of thioether (sulfide) groups is 1. The molecule has 0 aliphatic heterocycles. The van der Waals surface area contributed by atoms with Gasteiger partial charge in [0, 0.05) is 16.8 Å². The molecule has 0 radical (unpaired) electrons. The summed E-state index contributed by atoms with van der Waals surface area (Å²) in [5.74, 6) is 0.779. The van der Waals surface area contributed by atoms with Crippen LogP contribution < -0.4 is 5.32 Å². The Morgan fingerprint density at radius 2 is 1.93 bits per heavy atom. The first-order valence-electron chi connectivity index (χ1n) is 9.23. The van der Waals surface area contributed by atoms with Crippen LogP contribution in [0.3, 0.4) is 0 Å². The number of anilines is 1. The van der Waals surface area contributed by atoms with Gasteiger partial charge in [0.15, 0.2) is 5.16 Å². The van der Waals surface area contributed by atoms with E-state index >= 15 is 0 Å². The van der Waals surface area contributed by atoms with Crippen molar-refractivity contribution in [1.29, 1.82) is 0 Å². The molecule has 1 fully saturated rings. The van der Waals surface area contributed by atoms with Crippen molar-refractivity contribution in [2.75, 3.05) is 5.32 Å². The lowest BCUT2D eigenvalue weighted by atomic mass is 10.1. The van der Waals surface area contributed by atoms with E-state index in [1.54, 1.807) is 6.07 Å². The molecule has 1 aliphatic rings. The second-order valence-corrected chi connectivity index (χ2v) is 8.47. The first-order chi connectivity index (χ1) is 13.5. The van der Waals surface area contributed by atoms with Crippen LogP contribution >= 0.6 is 23.4 Å². The second-order valence-electron chi connectivity index (χ2n) is 6.99. The Kier molecular flexibility index (Phi) is 5.42. The van der Waals surface area contributed by atoms with E-state index in [1.165, 1.54) is 11.8 Å². The number of carbonyl (C=O) groups excluding carboxylic acids is 1. The molecule has 7 heteroatoms. The third-order valence-electron chi connectivity index (χ3n) is 4.75. The smallest absolute Gasteiger partial charge is 0.242 e. The van der Waals surface area contributed by atoms with E-state index in [-0.39, 0.29) is 5.91 Å². The maximum atomic E-state index is 13.2. The molecule has 1 amide bonds. The lowest BCUT2D eigenvalue weighted by molar-refractivity contribution is -0.115. The fourth-order valence-electron chi connectivity index (χ4n) is 3.07. The minimum Gasteiger partial charge on any atom is -0.325 e. The van der Waals surface area contributed by atoms with Gasteiger partial charge in [-0.1, -0.05) is 59.8 Å². The van der Waals surface area contributed by atoms with Gasteiger partial charge in [0.2, 0.25) is 5.91 Å². The molecular weight excluding hydrogens is 392 g/mol. The normalized spacial score (nSPS) is 14.7. The number of nitrogens with one attached hydrogen (secondary N) is 1. The first kappa shape index (κ1) is 19.0. The highest BCUT2D eigenvalue weighted by Gasteiger charge is 2.31. The monoisotopic (exact) mass is 412 g/mol. The quantitative estimate of drug-likeness (QED) is 0.554. The number of aryl methyl sites for hydroxylation is 2. The number of rotatable bonds is 6. The minimum atomic E-state index is -0.442. The van der Waals surface area contributed by atoms with Gasteiger partial charge in [0.25, 0.3) is 0 Å². The molecule has 0 saturated heterocycles. The number of amides is 1. The van der Waals surface area contributed by atoms with E-state index < -0.39 is 5.25 Å². The van der Waals surface area contributed by atoms with Crippen molar-refractivity contribution in [3.05, 3.63) is 70.5 Å². The highest BCUT2D eigenvalue weighted by Crippen LogP contribution is 2.42. The number of aromatic nitrogens is 3. The summed E-state index contributed by atoms with van der Waals surface area (Å²) in [5, 5.41) is 12.5. The van der Waals surface area contributed by atoms with Crippen LogP contribution in [0.25, 0.3) is 0 Å². The van der Waals surface area contributed by atoms with Crippen LogP contribution in [0.4, 0.5) is 5.69 Å². The fraction of sp³-hybridized carbons (Fsp3) is 0.286. The van der Waals surface area contributed by atoms with Crippen LogP contribution in [0, 0.1) is 13.8 Å². The fourth-order valence-corrected chi connectivity index (χ4v) is 4.40. The molecule has 4 rings (SSSR count). The van der Waals surface area contributed by atoms with Gasteiger partial charge in [-0.15, -0.1) is 10.2 Å². The Bertz CT molecular complexity index is 1000. The van der Waals surface area contributed by atoms with Crippen molar-refractivity contribution in [3.8, 4) is 0 Å². The lowest BCUT2D eigenvalue weighted by Crippen LogP contribution is -2.19. The molecule has 5 nitrogen and oxygen atoms in total. The van der Waals surface area contributed by atoms with Crippen LogP contribution in [0.1, 0.15) is 41.1 Å². The van der Waals surface area contributed by atoms with Crippen LogP contribution in [-0.2, 0) is 4.79 Å². The van der Waals surface area contributed by atoms with Gasteiger partial charge in [0.1, 0.15) is 11.1 Å². The standard InChI is InChI=1S/C21H21ClN4OS/c1-13-8-9-16(12-18(13)22)23-20(27)19(15-6-4-3-5-7-15)28-21-25-24-14(2)26(21)17-10-11-17/h3-9,12,17,19H,10-11H2,1-2H3,(H,23,27)/t19-/m1/s1. The van der Waals surface area contributed by atoms with Gasteiger partial charge in [0.05, 0.1) is 0 Å². The Balaban J connectivity index is 1.62. The number of benzene rings is 2. The lowest BCUT2D eigenvalue weighted by Gasteiger charge is -2.17. The zero-order valence-electron chi connectivity index (χ0n) is 15.7. The van der Waals surface area contributed by atoms with Gasteiger partial charge in [-0.3, -0.25) is 4.79 Å². The predicted octanol–water partition coefficient (Wildman–Crippen LogP) is 5.36. The van der Waals surface area contributed by atoms with E-state index in [9.17, 15) is 4.79 Å².